The Morgan fingerprint density at radius 1 is 1.42 bits per heavy atom. The summed E-state index contributed by atoms with van der Waals surface area (Å²) in [6.07, 6.45) is 2.07. The van der Waals surface area contributed by atoms with E-state index in [-0.39, 0.29) is 11.2 Å². The molecular weight excluding hydrogens is 241 g/mol. The molecule has 0 bridgehead atoms. The third-order valence-corrected chi connectivity index (χ3v) is 3.95. The van der Waals surface area contributed by atoms with Gasteiger partial charge in [-0.3, -0.25) is 0 Å². The number of rotatable bonds is 2. The molecule has 0 aliphatic heterocycles. The molecule has 3 nitrogen and oxygen atoms in total. The summed E-state index contributed by atoms with van der Waals surface area (Å²) in [4.78, 5) is 0. The van der Waals surface area contributed by atoms with Crippen molar-refractivity contribution in [1.82, 2.24) is 9.78 Å². The number of aromatic nitrogens is 2. The number of fused-ring (bicyclic) bond motifs is 1. The number of nitrogens with zero attached hydrogens (tertiary/aromatic N) is 2. The Hall–Kier alpha value is -1.84. The standard InChI is InChI=1S/C15H18FN3/c1-15(2)7-6-12-13(15)14(17)19(18-12)9-10-4-3-5-11(16)8-10/h3-5,8H,6-7,9,17H2,1-2H3. The van der Waals surface area contributed by atoms with Crippen LogP contribution in [0.25, 0.3) is 0 Å². The minimum absolute atomic E-state index is 0.0968. The van der Waals surface area contributed by atoms with Gasteiger partial charge in [-0.2, -0.15) is 5.10 Å². The van der Waals surface area contributed by atoms with Gasteiger partial charge in [0.05, 0.1) is 12.2 Å². The van der Waals surface area contributed by atoms with Crippen molar-refractivity contribution in [3.63, 3.8) is 0 Å². The summed E-state index contributed by atoms with van der Waals surface area (Å²) < 4.78 is 15.0. The number of nitrogen functional groups attached to an aromatic ring is 1. The van der Waals surface area contributed by atoms with Gasteiger partial charge in [0.1, 0.15) is 11.6 Å². The van der Waals surface area contributed by atoms with Gasteiger partial charge < -0.3 is 5.73 Å². The van der Waals surface area contributed by atoms with E-state index in [0.717, 1.165) is 29.9 Å². The van der Waals surface area contributed by atoms with Gasteiger partial charge >= 0.3 is 0 Å². The zero-order chi connectivity index (χ0) is 13.6. The molecule has 1 aromatic heterocycles. The number of benzene rings is 1. The van der Waals surface area contributed by atoms with Gasteiger partial charge in [0.15, 0.2) is 0 Å². The van der Waals surface area contributed by atoms with Crippen molar-refractivity contribution in [2.45, 2.75) is 38.6 Å². The molecule has 1 heterocycles. The molecule has 3 rings (SSSR count). The first-order chi connectivity index (χ1) is 8.97. The molecule has 0 saturated heterocycles. The predicted octanol–water partition coefficient (Wildman–Crippen LogP) is 2.88. The van der Waals surface area contributed by atoms with Crippen molar-refractivity contribution in [1.29, 1.82) is 0 Å². The number of nitrogens with two attached hydrogens (primary N) is 1. The van der Waals surface area contributed by atoms with E-state index in [9.17, 15) is 4.39 Å². The molecular formula is C15H18FN3. The first-order valence-corrected chi connectivity index (χ1v) is 6.57. The van der Waals surface area contributed by atoms with Crippen LogP contribution in [0.4, 0.5) is 10.2 Å². The second-order valence-corrected chi connectivity index (χ2v) is 5.88. The summed E-state index contributed by atoms with van der Waals surface area (Å²) in [7, 11) is 0. The summed E-state index contributed by atoms with van der Waals surface area (Å²) in [5.74, 6) is 0.498. The highest BCUT2D eigenvalue weighted by atomic mass is 19.1. The van der Waals surface area contributed by atoms with E-state index in [1.807, 2.05) is 6.07 Å². The molecule has 0 amide bonds. The van der Waals surface area contributed by atoms with E-state index >= 15 is 0 Å². The fourth-order valence-electron chi connectivity index (χ4n) is 2.92. The van der Waals surface area contributed by atoms with Crippen LogP contribution in [0.1, 0.15) is 37.1 Å². The van der Waals surface area contributed by atoms with Crippen LogP contribution in [0.3, 0.4) is 0 Å². The van der Waals surface area contributed by atoms with Crippen molar-refractivity contribution in [3.05, 3.63) is 46.9 Å². The van der Waals surface area contributed by atoms with Crippen molar-refractivity contribution in [2.75, 3.05) is 5.73 Å². The molecule has 19 heavy (non-hydrogen) atoms. The van der Waals surface area contributed by atoms with Crippen molar-refractivity contribution in [3.8, 4) is 0 Å². The first-order valence-electron chi connectivity index (χ1n) is 6.57. The smallest absolute Gasteiger partial charge is 0.126 e. The molecule has 2 N–H and O–H groups in total. The van der Waals surface area contributed by atoms with Crippen LogP contribution in [-0.4, -0.2) is 9.78 Å². The number of hydrogen-bond donors (Lipinski definition) is 1. The zero-order valence-electron chi connectivity index (χ0n) is 11.3. The number of anilines is 1. The van der Waals surface area contributed by atoms with E-state index in [2.05, 4.69) is 18.9 Å². The summed E-state index contributed by atoms with van der Waals surface area (Å²) in [6, 6.07) is 6.57. The lowest BCUT2D eigenvalue weighted by Gasteiger charge is -2.18. The van der Waals surface area contributed by atoms with Crippen molar-refractivity contribution < 1.29 is 4.39 Å². The van der Waals surface area contributed by atoms with Gasteiger partial charge in [-0.25, -0.2) is 9.07 Å². The lowest BCUT2D eigenvalue weighted by Crippen LogP contribution is -2.16. The monoisotopic (exact) mass is 259 g/mol. The van der Waals surface area contributed by atoms with E-state index in [1.54, 1.807) is 10.7 Å². The third kappa shape index (κ3) is 2.01. The summed E-state index contributed by atoms with van der Waals surface area (Å²) in [5, 5.41) is 4.58. The highest BCUT2D eigenvalue weighted by Gasteiger charge is 2.35. The minimum Gasteiger partial charge on any atom is -0.384 e. The summed E-state index contributed by atoms with van der Waals surface area (Å²) in [5.41, 5.74) is 9.47. The molecule has 1 aromatic carbocycles. The predicted molar refractivity (Wildman–Crippen MR) is 73.5 cm³/mol. The Labute approximate surface area is 112 Å². The van der Waals surface area contributed by atoms with Crippen LogP contribution in [0, 0.1) is 5.82 Å². The maximum atomic E-state index is 13.2. The number of hydrogen-bond acceptors (Lipinski definition) is 2. The molecule has 0 unspecified atom stereocenters. The van der Waals surface area contributed by atoms with Crippen LogP contribution < -0.4 is 5.73 Å². The molecule has 0 saturated carbocycles. The minimum atomic E-state index is -0.226. The molecule has 100 valence electrons. The lowest BCUT2D eigenvalue weighted by molar-refractivity contribution is 0.515. The lowest BCUT2D eigenvalue weighted by atomic mass is 9.87. The molecule has 2 aromatic rings. The van der Waals surface area contributed by atoms with Gasteiger partial charge in [0.25, 0.3) is 0 Å². The van der Waals surface area contributed by atoms with Gasteiger partial charge in [-0.1, -0.05) is 26.0 Å². The van der Waals surface area contributed by atoms with E-state index in [1.165, 1.54) is 17.7 Å². The van der Waals surface area contributed by atoms with Crippen LogP contribution in [-0.2, 0) is 18.4 Å². The number of halogens is 1. The fourth-order valence-corrected chi connectivity index (χ4v) is 2.92. The van der Waals surface area contributed by atoms with Gasteiger partial charge in [-0.05, 0) is 36.0 Å². The molecule has 1 aliphatic rings. The first kappa shape index (κ1) is 12.2. The number of aryl methyl sites for hydroxylation is 1. The quantitative estimate of drug-likeness (QED) is 0.901. The Balaban J connectivity index is 1.96. The Morgan fingerprint density at radius 3 is 2.89 bits per heavy atom. The second kappa shape index (κ2) is 4.08. The molecule has 1 aliphatic carbocycles. The average Bonchev–Trinajstić information content (AvgIpc) is 2.79. The van der Waals surface area contributed by atoms with E-state index < -0.39 is 0 Å². The van der Waals surface area contributed by atoms with Gasteiger partial charge in [0, 0.05) is 5.56 Å². The van der Waals surface area contributed by atoms with Crippen molar-refractivity contribution >= 4 is 5.82 Å². The Morgan fingerprint density at radius 2 is 2.21 bits per heavy atom. The van der Waals surface area contributed by atoms with Crippen LogP contribution in [0.5, 0.6) is 0 Å². The topological polar surface area (TPSA) is 43.8 Å². The summed E-state index contributed by atoms with van der Waals surface area (Å²) >= 11 is 0. The summed E-state index contributed by atoms with van der Waals surface area (Å²) in [6.45, 7) is 4.92. The normalized spacial score (nSPS) is 16.6. The maximum Gasteiger partial charge on any atom is 0.126 e. The molecule has 0 atom stereocenters. The fraction of sp³-hybridized carbons (Fsp3) is 0.400. The molecule has 0 spiro atoms. The highest BCUT2D eigenvalue weighted by Crippen LogP contribution is 2.41. The largest absolute Gasteiger partial charge is 0.384 e. The maximum absolute atomic E-state index is 13.2. The zero-order valence-corrected chi connectivity index (χ0v) is 11.3. The van der Waals surface area contributed by atoms with E-state index in [0.29, 0.717) is 6.54 Å². The van der Waals surface area contributed by atoms with Gasteiger partial charge in [0.2, 0.25) is 0 Å². The third-order valence-electron chi connectivity index (χ3n) is 3.95. The van der Waals surface area contributed by atoms with Crippen LogP contribution >= 0.6 is 0 Å². The second-order valence-electron chi connectivity index (χ2n) is 5.88. The molecule has 0 fully saturated rings. The van der Waals surface area contributed by atoms with Crippen LogP contribution in [0.15, 0.2) is 24.3 Å². The van der Waals surface area contributed by atoms with E-state index in [4.69, 9.17) is 5.73 Å². The molecule has 0 radical (unpaired) electrons. The average molecular weight is 259 g/mol. The van der Waals surface area contributed by atoms with Crippen molar-refractivity contribution in [2.24, 2.45) is 0 Å². The Kier molecular flexibility index (Phi) is 2.62. The SMILES string of the molecule is CC1(C)CCc2nn(Cc3cccc(F)c3)c(N)c21. The van der Waals surface area contributed by atoms with Crippen LogP contribution in [0.2, 0.25) is 0 Å². The highest BCUT2D eigenvalue weighted by molar-refractivity contribution is 5.51. The Bertz CT molecular complexity index is 628. The molecule has 4 heteroatoms. The van der Waals surface area contributed by atoms with Gasteiger partial charge in [-0.15, -0.1) is 0 Å².